The van der Waals surface area contributed by atoms with E-state index in [2.05, 4.69) is 37.1 Å². The molecule has 2 aliphatic rings. The Labute approximate surface area is 139 Å². The summed E-state index contributed by atoms with van der Waals surface area (Å²) in [5.74, 6) is 0.778. The molecular formula is C18H30N2OS. The second kappa shape index (κ2) is 7.43. The zero-order valence-corrected chi connectivity index (χ0v) is 15.0. The van der Waals surface area contributed by atoms with E-state index in [4.69, 9.17) is 4.74 Å². The molecule has 22 heavy (non-hydrogen) atoms. The summed E-state index contributed by atoms with van der Waals surface area (Å²) < 4.78 is 5.50. The van der Waals surface area contributed by atoms with E-state index in [0.717, 1.165) is 19.1 Å². The third kappa shape index (κ3) is 4.10. The van der Waals surface area contributed by atoms with E-state index >= 15 is 0 Å². The van der Waals surface area contributed by atoms with Gasteiger partial charge < -0.3 is 15.0 Å². The minimum atomic E-state index is 0.477. The van der Waals surface area contributed by atoms with Gasteiger partial charge in [-0.05, 0) is 70.7 Å². The highest BCUT2D eigenvalue weighted by atomic mass is 32.1. The lowest BCUT2D eigenvalue weighted by Crippen LogP contribution is -2.44. The lowest BCUT2D eigenvalue weighted by molar-refractivity contribution is 0.145. The molecule has 1 aromatic heterocycles. The predicted octanol–water partition coefficient (Wildman–Crippen LogP) is 3.52. The van der Waals surface area contributed by atoms with Gasteiger partial charge in [0.1, 0.15) is 0 Å². The van der Waals surface area contributed by atoms with Gasteiger partial charge in [-0.3, -0.25) is 0 Å². The molecule has 0 aliphatic carbocycles. The van der Waals surface area contributed by atoms with E-state index in [-0.39, 0.29) is 0 Å². The molecule has 2 unspecified atom stereocenters. The van der Waals surface area contributed by atoms with E-state index in [1.807, 2.05) is 11.3 Å². The van der Waals surface area contributed by atoms with Crippen molar-refractivity contribution in [2.75, 3.05) is 32.8 Å². The maximum atomic E-state index is 5.50. The van der Waals surface area contributed by atoms with Crippen LogP contribution >= 0.6 is 11.3 Å². The number of aryl methyl sites for hydroxylation is 2. The first kappa shape index (κ1) is 16.4. The van der Waals surface area contributed by atoms with Crippen molar-refractivity contribution in [3.63, 3.8) is 0 Å². The fraction of sp³-hybridized carbons (Fsp3) is 0.778. The molecule has 0 spiro atoms. The SMILES string of the molecule is Cc1cc(C(C)NC2CCN(CC3CCOC3)CC2)c(C)s1. The maximum Gasteiger partial charge on any atom is 0.0507 e. The fourth-order valence-corrected chi connectivity index (χ4v) is 4.92. The van der Waals surface area contributed by atoms with E-state index in [1.54, 1.807) is 0 Å². The summed E-state index contributed by atoms with van der Waals surface area (Å²) >= 11 is 1.92. The molecule has 3 nitrogen and oxygen atoms in total. The quantitative estimate of drug-likeness (QED) is 0.898. The summed E-state index contributed by atoms with van der Waals surface area (Å²) in [6, 6.07) is 3.50. The van der Waals surface area contributed by atoms with Crippen LogP contribution in [-0.2, 0) is 4.74 Å². The Morgan fingerprint density at radius 2 is 2.09 bits per heavy atom. The molecule has 2 fully saturated rings. The molecule has 3 rings (SSSR count). The van der Waals surface area contributed by atoms with Gasteiger partial charge in [-0.1, -0.05) is 0 Å². The highest BCUT2D eigenvalue weighted by Gasteiger charge is 2.25. The number of nitrogens with zero attached hydrogens (tertiary/aromatic N) is 1. The van der Waals surface area contributed by atoms with Crippen molar-refractivity contribution in [1.82, 2.24) is 10.2 Å². The summed E-state index contributed by atoms with van der Waals surface area (Å²) in [7, 11) is 0. The molecule has 0 saturated carbocycles. The van der Waals surface area contributed by atoms with Crippen LogP contribution in [0.15, 0.2) is 6.07 Å². The smallest absolute Gasteiger partial charge is 0.0507 e. The van der Waals surface area contributed by atoms with Crippen molar-refractivity contribution >= 4 is 11.3 Å². The van der Waals surface area contributed by atoms with E-state index in [9.17, 15) is 0 Å². The highest BCUT2D eigenvalue weighted by molar-refractivity contribution is 7.12. The molecule has 4 heteroatoms. The summed E-state index contributed by atoms with van der Waals surface area (Å²) in [5.41, 5.74) is 1.49. The number of hydrogen-bond acceptors (Lipinski definition) is 4. The number of likely N-dealkylation sites (tertiary alicyclic amines) is 1. The molecule has 3 heterocycles. The average molecular weight is 323 g/mol. The molecule has 2 saturated heterocycles. The van der Waals surface area contributed by atoms with Crippen molar-refractivity contribution in [2.24, 2.45) is 5.92 Å². The minimum absolute atomic E-state index is 0.477. The van der Waals surface area contributed by atoms with Crippen LogP contribution < -0.4 is 5.32 Å². The first-order chi connectivity index (χ1) is 10.6. The number of ether oxygens (including phenoxy) is 1. The molecular weight excluding hydrogens is 292 g/mol. The second-order valence-electron chi connectivity index (χ2n) is 7.06. The van der Waals surface area contributed by atoms with Gasteiger partial charge in [0.25, 0.3) is 0 Å². The Bertz CT molecular complexity index is 473. The lowest BCUT2D eigenvalue weighted by Gasteiger charge is -2.35. The van der Waals surface area contributed by atoms with Crippen LogP contribution in [-0.4, -0.2) is 43.8 Å². The number of hydrogen-bond donors (Lipinski definition) is 1. The second-order valence-corrected chi connectivity index (χ2v) is 8.52. The molecule has 0 amide bonds. The van der Waals surface area contributed by atoms with Gasteiger partial charge in [-0.2, -0.15) is 0 Å². The monoisotopic (exact) mass is 322 g/mol. The molecule has 1 aromatic rings. The van der Waals surface area contributed by atoms with Crippen LogP contribution in [0.2, 0.25) is 0 Å². The fourth-order valence-electron chi connectivity index (χ4n) is 3.90. The topological polar surface area (TPSA) is 24.5 Å². The van der Waals surface area contributed by atoms with Gasteiger partial charge >= 0.3 is 0 Å². The van der Waals surface area contributed by atoms with Crippen LogP contribution in [0.4, 0.5) is 0 Å². The largest absolute Gasteiger partial charge is 0.381 e. The van der Waals surface area contributed by atoms with Gasteiger partial charge in [0.15, 0.2) is 0 Å². The molecule has 1 N–H and O–H groups in total. The Morgan fingerprint density at radius 3 is 2.68 bits per heavy atom. The number of nitrogens with one attached hydrogen (secondary N) is 1. The minimum Gasteiger partial charge on any atom is -0.381 e. The van der Waals surface area contributed by atoms with Crippen LogP contribution in [0.5, 0.6) is 0 Å². The Hall–Kier alpha value is -0.420. The Morgan fingerprint density at radius 1 is 1.32 bits per heavy atom. The number of piperidine rings is 1. The van der Waals surface area contributed by atoms with Crippen LogP contribution in [0.1, 0.15) is 47.5 Å². The standard InChI is InChI=1S/C18H30N2OS/c1-13-10-18(15(3)22-13)14(2)19-17-4-7-20(8-5-17)11-16-6-9-21-12-16/h10,14,16-17,19H,4-9,11-12H2,1-3H3. The first-order valence-electron chi connectivity index (χ1n) is 8.75. The van der Waals surface area contributed by atoms with Crippen LogP contribution in [0.3, 0.4) is 0 Å². The van der Waals surface area contributed by atoms with Crippen LogP contribution in [0, 0.1) is 19.8 Å². The summed E-state index contributed by atoms with van der Waals surface area (Å²) in [6.45, 7) is 12.4. The number of rotatable bonds is 5. The third-order valence-electron chi connectivity index (χ3n) is 5.16. The first-order valence-corrected chi connectivity index (χ1v) is 9.56. The Kier molecular flexibility index (Phi) is 5.55. The molecule has 2 aliphatic heterocycles. The normalized spacial score (nSPS) is 25.7. The molecule has 0 bridgehead atoms. The van der Waals surface area contributed by atoms with E-state index in [0.29, 0.717) is 12.1 Å². The van der Waals surface area contributed by atoms with Gasteiger partial charge in [-0.15, -0.1) is 11.3 Å². The van der Waals surface area contributed by atoms with E-state index < -0.39 is 0 Å². The molecule has 124 valence electrons. The Balaban J connectivity index is 1.44. The summed E-state index contributed by atoms with van der Waals surface area (Å²) in [6.07, 6.45) is 3.81. The summed E-state index contributed by atoms with van der Waals surface area (Å²) in [4.78, 5) is 5.54. The lowest BCUT2D eigenvalue weighted by atomic mass is 10.00. The van der Waals surface area contributed by atoms with Crippen molar-refractivity contribution in [1.29, 1.82) is 0 Å². The van der Waals surface area contributed by atoms with Crippen molar-refractivity contribution in [3.05, 3.63) is 21.4 Å². The van der Waals surface area contributed by atoms with Gasteiger partial charge in [-0.25, -0.2) is 0 Å². The van der Waals surface area contributed by atoms with Crippen molar-refractivity contribution in [3.8, 4) is 0 Å². The zero-order valence-electron chi connectivity index (χ0n) is 14.2. The average Bonchev–Trinajstić information content (AvgIpc) is 3.10. The number of thiophene rings is 1. The van der Waals surface area contributed by atoms with Gasteiger partial charge in [0.2, 0.25) is 0 Å². The van der Waals surface area contributed by atoms with Crippen LogP contribution in [0.25, 0.3) is 0 Å². The predicted molar refractivity (Wildman–Crippen MR) is 93.7 cm³/mol. The van der Waals surface area contributed by atoms with Crippen molar-refractivity contribution in [2.45, 2.75) is 52.1 Å². The van der Waals surface area contributed by atoms with Gasteiger partial charge in [0.05, 0.1) is 6.61 Å². The van der Waals surface area contributed by atoms with Gasteiger partial charge in [0, 0.05) is 35.0 Å². The molecule has 0 radical (unpaired) electrons. The maximum absolute atomic E-state index is 5.50. The third-order valence-corrected chi connectivity index (χ3v) is 6.14. The zero-order chi connectivity index (χ0) is 15.5. The summed E-state index contributed by atoms with van der Waals surface area (Å²) in [5, 5.41) is 3.86. The van der Waals surface area contributed by atoms with E-state index in [1.165, 1.54) is 54.2 Å². The highest BCUT2D eigenvalue weighted by Crippen LogP contribution is 2.27. The molecule has 2 atom stereocenters. The molecule has 0 aromatic carbocycles. The van der Waals surface area contributed by atoms with Crippen molar-refractivity contribution < 1.29 is 4.74 Å².